The van der Waals surface area contributed by atoms with E-state index in [2.05, 4.69) is 15.0 Å². The SMILES string of the molecule is Cn1cc2c(c1C(=O)Nc1ccc(F)c(Cl)c1)OCC(C)(Cc1ccc(Cl)nc1)NS2(=O)=O. The highest BCUT2D eigenvalue weighted by molar-refractivity contribution is 7.89. The predicted octanol–water partition coefficient (Wildman–Crippen LogP) is 3.79. The fourth-order valence-electron chi connectivity index (χ4n) is 3.62. The Morgan fingerprint density at radius 2 is 2.09 bits per heavy atom. The molecule has 1 amide bonds. The summed E-state index contributed by atoms with van der Waals surface area (Å²) in [6.07, 6.45) is 3.15. The van der Waals surface area contributed by atoms with Crippen LogP contribution in [-0.4, -0.2) is 36.0 Å². The number of ether oxygens (including phenoxy) is 1. The van der Waals surface area contributed by atoms with E-state index in [1.807, 2.05) is 0 Å². The minimum atomic E-state index is -4.03. The van der Waals surface area contributed by atoms with Gasteiger partial charge >= 0.3 is 0 Å². The maximum absolute atomic E-state index is 13.4. The first-order valence-corrected chi connectivity index (χ1v) is 11.9. The minimum absolute atomic E-state index is 0.00627. The molecule has 0 aliphatic carbocycles. The number of aromatic nitrogens is 2. The topological polar surface area (TPSA) is 102 Å². The van der Waals surface area contributed by atoms with Gasteiger partial charge in [-0.15, -0.1) is 0 Å². The second kappa shape index (κ2) is 8.60. The molecule has 8 nitrogen and oxygen atoms in total. The van der Waals surface area contributed by atoms with Gasteiger partial charge in [-0.05, 0) is 43.2 Å². The molecule has 174 valence electrons. The Morgan fingerprint density at radius 3 is 2.76 bits per heavy atom. The molecule has 33 heavy (non-hydrogen) atoms. The Hall–Kier alpha value is -2.66. The molecule has 0 bridgehead atoms. The molecule has 3 aromatic rings. The summed E-state index contributed by atoms with van der Waals surface area (Å²) in [6, 6.07) is 7.08. The van der Waals surface area contributed by atoms with Crippen LogP contribution in [0.15, 0.2) is 47.6 Å². The van der Waals surface area contributed by atoms with Gasteiger partial charge in [-0.25, -0.2) is 22.5 Å². The first-order valence-electron chi connectivity index (χ1n) is 9.70. The summed E-state index contributed by atoms with van der Waals surface area (Å²) in [6.45, 7) is 1.65. The summed E-state index contributed by atoms with van der Waals surface area (Å²) >= 11 is 11.6. The second-order valence-corrected chi connectivity index (χ2v) is 10.4. The van der Waals surface area contributed by atoms with Crippen molar-refractivity contribution in [2.75, 3.05) is 11.9 Å². The fraction of sp³-hybridized carbons (Fsp3) is 0.238. The lowest BCUT2D eigenvalue weighted by atomic mass is 9.96. The smallest absolute Gasteiger partial charge is 0.276 e. The van der Waals surface area contributed by atoms with Crippen molar-refractivity contribution in [1.29, 1.82) is 0 Å². The van der Waals surface area contributed by atoms with Crippen molar-refractivity contribution < 1.29 is 22.3 Å². The molecule has 1 aliphatic rings. The summed E-state index contributed by atoms with van der Waals surface area (Å²) in [7, 11) is -2.50. The number of sulfonamides is 1. The van der Waals surface area contributed by atoms with Crippen molar-refractivity contribution in [2.24, 2.45) is 7.05 Å². The number of amides is 1. The third-order valence-corrected chi connectivity index (χ3v) is 7.23. The molecule has 0 spiro atoms. The van der Waals surface area contributed by atoms with E-state index >= 15 is 0 Å². The Morgan fingerprint density at radius 1 is 1.33 bits per heavy atom. The number of hydrogen-bond acceptors (Lipinski definition) is 5. The molecule has 1 unspecified atom stereocenters. The van der Waals surface area contributed by atoms with Crippen molar-refractivity contribution in [2.45, 2.75) is 23.8 Å². The Bertz CT molecular complexity index is 1350. The number of benzene rings is 1. The molecule has 12 heteroatoms. The van der Waals surface area contributed by atoms with Crippen LogP contribution in [0.4, 0.5) is 10.1 Å². The van der Waals surface area contributed by atoms with Crippen molar-refractivity contribution in [3.8, 4) is 5.75 Å². The maximum Gasteiger partial charge on any atom is 0.276 e. The molecule has 4 rings (SSSR count). The molecular formula is C21H19Cl2FN4O4S. The first kappa shape index (κ1) is 23.5. The van der Waals surface area contributed by atoms with Crippen LogP contribution in [-0.2, 0) is 23.5 Å². The molecule has 1 aromatic carbocycles. The minimum Gasteiger partial charge on any atom is -0.488 e. The van der Waals surface area contributed by atoms with E-state index in [9.17, 15) is 17.6 Å². The van der Waals surface area contributed by atoms with Crippen molar-refractivity contribution in [3.05, 3.63) is 70.0 Å². The van der Waals surface area contributed by atoms with Crippen LogP contribution in [0.3, 0.4) is 0 Å². The van der Waals surface area contributed by atoms with Gasteiger partial charge in [0.15, 0.2) is 11.4 Å². The lowest BCUT2D eigenvalue weighted by Crippen LogP contribution is -2.50. The van der Waals surface area contributed by atoms with Crippen molar-refractivity contribution in [1.82, 2.24) is 14.3 Å². The van der Waals surface area contributed by atoms with Gasteiger partial charge in [0.1, 0.15) is 22.5 Å². The van der Waals surface area contributed by atoms with E-state index < -0.39 is 27.3 Å². The van der Waals surface area contributed by atoms with E-state index in [1.165, 1.54) is 29.9 Å². The molecule has 2 aromatic heterocycles. The zero-order chi connectivity index (χ0) is 24.0. The molecule has 2 N–H and O–H groups in total. The van der Waals surface area contributed by atoms with Gasteiger partial charge in [0.05, 0.1) is 10.6 Å². The number of carbonyl (C=O) groups is 1. The highest BCUT2D eigenvalue weighted by atomic mass is 35.5. The van der Waals surface area contributed by atoms with Gasteiger partial charge in [-0.3, -0.25) is 4.79 Å². The van der Waals surface area contributed by atoms with Gasteiger partial charge in [-0.1, -0.05) is 29.3 Å². The first-order chi connectivity index (χ1) is 15.5. The average Bonchev–Trinajstić information content (AvgIpc) is 3.03. The zero-order valence-electron chi connectivity index (χ0n) is 17.5. The standard InChI is InChI=1S/C21H19Cl2FN4O4S/c1-21(8-12-3-6-17(23)25-9-12)11-32-19-16(33(30,31)27-21)10-28(2)18(19)20(29)26-13-4-5-15(24)14(22)7-13/h3-7,9-10,27H,8,11H2,1-2H3,(H,26,29). The van der Waals surface area contributed by atoms with Crippen molar-refractivity contribution >= 4 is 44.8 Å². The quantitative estimate of drug-likeness (QED) is 0.517. The van der Waals surface area contributed by atoms with Gasteiger partial charge in [-0.2, -0.15) is 0 Å². The molecule has 1 aliphatic heterocycles. The van der Waals surface area contributed by atoms with Gasteiger partial charge in [0, 0.05) is 25.1 Å². The van der Waals surface area contributed by atoms with Crippen LogP contribution in [0.2, 0.25) is 10.2 Å². The summed E-state index contributed by atoms with van der Waals surface area (Å²) in [4.78, 5) is 16.8. The number of aryl methyl sites for hydroxylation is 1. The molecule has 3 heterocycles. The van der Waals surface area contributed by atoms with E-state index in [0.717, 1.165) is 11.6 Å². The Balaban J connectivity index is 1.64. The monoisotopic (exact) mass is 512 g/mol. The fourth-order valence-corrected chi connectivity index (χ4v) is 5.50. The van der Waals surface area contributed by atoms with E-state index in [4.69, 9.17) is 27.9 Å². The Labute approximate surface area is 199 Å². The largest absolute Gasteiger partial charge is 0.488 e. The number of anilines is 1. The summed E-state index contributed by atoms with van der Waals surface area (Å²) < 4.78 is 49.7. The van der Waals surface area contributed by atoms with Gasteiger partial charge < -0.3 is 14.6 Å². The summed E-state index contributed by atoms with van der Waals surface area (Å²) in [5, 5.41) is 2.76. The number of halogens is 3. The number of rotatable bonds is 4. The van der Waals surface area contributed by atoms with E-state index in [1.54, 1.807) is 25.3 Å². The molecule has 0 fully saturated rings. The molecule has 0 saturated carbocycles. The van der Waals surface area contributed by atoms with Crippen LogP contribution in [0.5, 0.6) is 5.75 Å². The average molecular weight is 513 g/mol. The Kier molecular flexibility index (Phi) is 6.12. The highest BCUT2D eigenvalue weighted by Crippen LogP contribution is 2.35. The number of carbonyl (C=O) groups excluding carboxylic acids is 1. The predicted molar refractivity (Wildman–Crippen MR) is 122 cm³/mol. The summed E-state index contributed by atoms with van der Waals surface area (Å²) in [5.41, 5.74) is -0.0206. The summed E-state index contributed by atoms with van der Waals surface area (Å²) in [5.74, 6) is -1.34. The molecule has 0 radical (unpaired) electrons. The highest BCUT2D eigenvalue weighted by Gasteiger charge is 2.40. The normalized spacial score (nSPS) is 19.3. The van der Waals surface area contributed by atoms with Gasteiger partial charge in [0.2, 0.25) is 10.0 Å². The van der Waals surface area contributed by atoms with E-state index in [-0.39, 0.29) is 40.1 Å². The van der Waals surface area contributed by atoms with Gasteiger partial charge in [0.25, 0.3) is 5.91 Å². The number of fused-ring (bicyclic) bond motifs is 1. The van der Waals surface area contributed by atoms with Crippen LogP contribution >= 0.6 is 23.2 Å². The molecule has 1 atom stereocenters. The zero-order valence-corrected chi connectivity index (χ0v) is 19.9. The molecular weight excluding hydrogens is 494 g/mol. The second-order valence-electron chi connectivity index (χ2n) is 7.99. The molecule has 0 saturated heterocycles. The number of pyridine rings is 1. The number of hydrogen-bond donors (Lipinski definition) is 2. The third-order valence-electron chi connectivity index (χ3n) is 5.08. The van der Waals surface area contributed by atoms with Crippen LogP contribution in [0.1, 0.15) is 23.0 Å². The number of nitrogens with zero attached hydrogens (tertiary/aromatic N) is 2. The third kappa shape index (κ3) is 4.84. The lowest BCUT2D eigenvalue weighted by molar-refractivity contribution is 0.101. The maximum atomic E-state index is 13.4. The van der Waals surface area contributed by atoms with E-state index in [0.29, 0.717) is 5.15 Å². The number of nitrogens with one attached hydrogen (secondary N) is 2. The van der Waals surface area contributed by atoms with Crippen LogP contribution in [0, 0.1) is 5.82 Å². The lowest BCUT2D eigenvalue weighted by Gasteiger charge is -2.27. The van der Waals surface area contributed by atoms with Crippen LogP contribution in [0.25, 0.3) is 0 Å². The van der Waals surface area contributed by atoms with Crippen molar-refractivity contribution in [3.63, 3.8) is 0 Å². The van der Waals surface area contributed by atoms with Crippen LogP contribution < -0.4 is 14.8 Å².